The van der Waals surface area contributed by atoms with E-state index in [1.165, 1.54) is 10.9 Å². The summed E-state index contributed by atoms with van der Waals surface area (Å²) in [6.07, 6.45) is 3.13. The Morgan fingerprint density at radius 1 is 1.71 bits per heavy atom. The van der Waals surface area contributed by atoms with Crippen LogP contribution in [0.5, 0.6) is 0 Å². The fourth-order valence-electron chi connectivity index (χ4n) is 0.408. The van der Waals surface area contributed by atoms with E-state index in [2.05, 4.69) is 0 Å². The first kappa shape index (κ1) is 4.18. The number of aromatic nitrogens is 2. The molecule has 3 nitrogen and oxygen atoms in total. The highest BCUT2D eigenvalue weighted by atomic mass is 16.5. The molecule has 0 saturated heterocycles. The van der Waals surface area contributed by atoms with Gasteiger partial charge in [0.15, 0.2) is 0 Å². The van der Waals surface area contributed by atoms with Crippen LogP contribution in [0.2, 0.25) is 0 Å². The van der Waals surface area contributed by atoms with E-state index < -0.39 is 0 Å². The van der Waals surface area contributed by atoms with Crippen molar-refractivity contribution in [1.29, 1.82) is 0 Å². The van der Waals surface area contributed by atoms with E-state index >= 15 is 0 Å². The molecule has 0 atom stereocenters. The molecule has 0 saturated carbocycles. The topological polar surface area (TPSA) is 31.9 Å². The molecule has 7 heavy (non-hydrogen) atoms. The van der Waals surface area contributed by atoms with Crippen molar-refractivity contribution in [1.82, 2.24) is 4.68 Å². The van der Waals surface area contributed by atoms with Crippen LogP contribution in [0.25, 0.3) is 0 Å². The van der Waals surface area contributed by atoms with Crippen LogP contribution < -0.4 is 4.85 Å². The Bertz CT molecular complexity index is 142. The van der Waals surface area contributed by atoms with Crippen LogP contribution in [0, 0.1) is 5.21 Å². The molecule has 0 aliphatic heterocycles. The molecule has 0 unspecified atom stereocenters. The first-order valence-corrected chi connectivity index (χ1v) is 2.01. The van der Waals surface area contributed by atoms with Gasteiger partial charge in [0.05, 0.1) is 13.2 Å². The summed E-state index contributed by atoms with van der Waals surface area (Å²) in [6.45, 7) is 0. The van der Waals surface area contributed by atoms with Crippen molar-refractivity contribution in [3.63, 3.8) is 0 Å². The smallest absolute Gasteiger partial charge is 0.209 e. The molecule has 1 heterocycles. The first-order valence-electron chi connectivity index (χ1n) is 2.01. The average molecular weight is 98.1 g/mol. The molecule has 0 bridgehead atoms. The van der Waals surface area contributed by atoms with Crippen LogP contribution in [0.15, 0.2) is 18.5 Å². The van der Waals surface area contributed by atoms with Gasteiger partial charge in [0.25, 0.3) is 0 Å². The van der Waals surface area contributed by atoms with Gasteiger partial charge in [-0.1, -0.05) is 4.85 Å². The van der Waals surface area contributed by atoms with Gasteiger partial charge in [-0.25, -0.2) is 0 Å². The van der Waals surface area contributed by atoms with E-state index in [9.17, 15) is 5.21 Å². The molecule has 0 aromatic carbocycles. The Balaban J connectivity index is 3.12. The van der Waals surface area contributed by atoms with Crippen molar-refractivity contribution in [2.45, 2.75) is 0 Å². The molecule has 0 aliphatic carbocycles. The van der Waals surface area contributed by atoms with Crippen LogP contribution in [0.4, 0.5) is 0 Å². The standard InChI is InChI=1S/C4H6N2O/c1-5-3-2-4-6(5)7/h2-4H,1H3. The predicted molar refractivity (Wildman–Crippen MR) is 24.4 cm³/mol. The lowest BCUT2D eigenvalue weighted by Gasteiger charge is -1.90. The molecule has 0 fully saturated rings. The number of hydrogen-bond acceptors (Lipinski definition) is 1. The molecule has 3 heteroatoms. The number of rotatable bonds is 0. The molecule has 38 valence electrons. The maximum absolute atomic E-state index is 10.3. The molecular weight excluding hydrogens is 92.1 g/mol. The quantitative estimate of drug-likeness (QED) is 0.322. The van der Waals surface area contributed by atoms with Gasteiger partial charge in [0.1, 0.15) is 0 Å². The zero-order chi connectivity index (χ0) is 5.28. The van der Waals surface area contributed by atoms with Gasteiger partial charge in [-0.3, -0.25) is 0 Å². The van der Waals surface area contributed by atoms with Crippen molar-refractivity contribution in [2.24, 2.45) is 7.05 Å². The summed E-state index contributed by atoms with van der Waals surface area (Å²) >= 11 is 0. The van der Waals surface area contributed by atoms with Crippen molar-refractivity contribution >= 4 is 0 Å². The Labute approximate surface area is 41.4 Å². The van der Waals surface area contributed by atoms with Gasteiger partial charge < -0.3 is 5.21 Å². The highest BCUT2D eigenvalue weighted by Crippen LogP contribution is 1.71. The van der Waals surface area contributed by atoms with Crippen molar-refractivity contribution < 1.29 is 4.85 Å². The summed E-state index contributed by atoms with van der Waals surface area (Å²) in [7, 11) is 1.69. The van der Waals surface area contributed by atoms with Gasteiger partial charge in [-0.05, 0) is 0 Å². The highest BCUT2D eigenvalue weighted by Gasteiger charge is 1.86. The third-order valence-corrected chi connectivity index (χ3v) is 0.826. The van der Waals surface area contributed by atoms with Crippen LogP contribution in [-0.2, 0) is 7.05 Å². The molecule has 0 aliphatic rings. The number of aryl methyl sites for hydroxylation is 1. The summed E-state index contributed by atoms with van der Waals surface area (Å²) in [5, 5.41) is 10.3. The normalized spacial score (nSPS) is 9.29. The third-order valence-electron chi connectivity index (χ3n) is 0.826. The monoisotopic (exact) mass is 98.0 g/mol. The number of hydrogen-bond donors (Lipinski definition) is 0. The Hall–Kier alpha value is -0.990. The van der Waals surface area contributed by atoms with E-state index in [0.29, 0.717) is 0 Å². The Kier molecular flexibility index (Phi) is 0.749. The summed E-state index contributed by atoms with van der Waals surface area (Å²) in [4.78, 5) is 0.750. The largest absolute Gasteiger partial charge is 0.596 e. The summed E-state index contributed by atoms with van der Waals surface area (Å²) in [5.41, 5.74) is 0. The van der Waals surface area contributed by atoms with Crippen molar-refractivity contribution in [2.75, 3.05) is 0 Å². The second-order valence-corrected chi connectivity index (χ2v) is 1.37. The minimum atomic E-state index is 0.750. The Morgan fingerprint density at radius 2 is 2.43 bits per heavy atom. The molecule has 0 spiro atoms. The van der Waals surface area contributed by atoms with Gasteiger partial charge in [0, 0.05) is 6.07 Å². The third kappa shape index (κ3) is 0.559. The van der Waals surface area contributed by atoms with Gasteiger partial charge in [-0.15, -0.1) is 0 Å². The fraction of sp³-hybridized carbons (Fsp3) is 0.250. The molecule has 1 rings (SSSR count). The summed E-state index contributed by atoms with van der Waals surface area (Å²) < 4.78 is 1.44. The molecular formula is C4H6N2O. The molecule has 0 N–H and O–H groups in total. The van der Waals surface area contributed by atoms with Gasteiger partial charge >= 0.3 is 0 Å². The van der Waals surface area contributed by atoms with Gasteiger partial charge in [0.2, 0.25) is 6.20 Å². The SMILES string of the molecule is Cn1ccc[n+]1[O-]. The zero-order valence-electron chi connectivity index (χ0n) is 4.03. The van der Waals surface area contributed by atoms with Crippen molar-refractivity contribution in [3.8, 4) is 0 Å². The Morgan fingerprint density at radius 3 is 2.57 bits per heavy atom. The van der Waals surface area contributed by atoms with Crippen LogP contribution in [-0.4, -0.2) is 4.68 Å². The van der Waals surface area contributed by atoms with Gasteiger partial charge in [-0.2, -0.15) is 4.68 Å². The van der Waals surface area contributed by atoms with E-state index in [1.807, 2.05) is 0 Å². The van der Waals surface area contributed by atoms with Crippen LogP contribution in [0.1, 0.15) is 0 Å². The lowest BCUT2D eigenvalue weighted by molar-refractivity contribution is -0.691. The molecule has 1 aromatic heterocycles. The van der Waals surface area contributed by atoms with Crippen LogP contribution >= 0.6 is 0 Å². The summed E-state index contributed by atoms with van der Waals surface area (Å²) in [5.74, 6) is 0. The molecule has 0 radical (unpaired) electrons. The predicted octanol–water partition coefficient (Wildman–Crippen LogP) is -0.341. The summed E-state index contributed by atoms with van der Waals surface area (Å²) in [6, 6.07) is 1.69. The lowest BCUT2D eigenvalue weighted by atomic mass is 10.8. The van der Waals surface area contributed by atoms with E-state index in [1.54, 1.807) is 19.3 Å². The fourth-order valence-corrected chi connectivity index (χ4v) is 0.408. The minimum Gasteiger partial charge on any atom is -0.596 e. The number of nitrogens with zero attached hydrogens (tertiary/aromatic N) is 2. The van der Waals surface area contributed by atoms with E-state index in [-0.39, 0.29) is 0 Å². The first-order chi connectivity index (χ1) is 3.30. The second kappa shape index (κ2) is 1.26. The molecule has 0 amide bonds. The molecule has 1 aromatic rings. The lowest BCUT2D eigenvalue weighted by Crippen LogP contribution is -2.33. The minimum absolute atomic E-state index is 0.750. The van der Waals surface area contributed by atoms with Crippen molar-refractivity contribution in [3.05, 3.63) is 23.7 Å². The van der Waals surface area contributed by atoms with E-state index in [4.69, 9.17) is 0 Å². The second-order valence-electron chi connectivity index (χ2n) is 1.37. The zero-order valence-corrected chi connectivity index (χ0v) is 4.03. The van der Waals surface area contributed by atoms with E-state index in [0.717, 1.165) is 4.85 Å². The van der Waals surface area contributed by atoms with Crippen LogP contribution in [0.3, 0.4) is 0 Å². The average Bonchev–Trinajstić information content (AvgIpc) is 1.91. The maximum atomic E-state index is 10.3. The maximum Gasteiger partial charge on any atom is 0.209 e. The highest BCUT2D eigenvalue weighted by molar-refractivity contribution is 4.69.